The van der Waals surface area contributed by atoms with Gasteiger partial charge in [-0.1, -0.05) is 23.7 Å². The van der Waals surface area contributed by atoms with E-state index in [9.17, 15) is 4.79 Å². The van der Waals surface area contributed by atoms with Crippen molar-refractivity contribution < 1.29 is 9.53 Å². The first kappa shape index (κ1) is 15.5. The molecule has 0 spiro atoms. The molecule has 4 N–H and O–H groups in total. The zero-order valence-electron chi connectivity index (χ0n) is 11.7. The van der Waals surface area contributed by atoms with E-state index in [2.05, 4.69) is 0 Å². The summed E-state index contributed by atoms with van der Waals surface area (Å²) in [6.45, 7) is 0.631. The van der Waals surface area contributed by atoms with E-state index in [1.165, 1.54) is 18.4 Å². The summed E-state index contributed by atoms with van der Waals surface area (Å²) in [5, 5.41) is 1.45. The second-order valence-corrected chi connectivity index (χ2v) is 5.97. The zero-order chi connectivity index (χ0) is 15.6. The molecule has 2 rings (SSSR count). The number of anilines is 2. The average molecular weight is 326 g/mol. The van der Waals surface area contributed by atoms with Gasteiger partial charge < -0.3 is 21.1 Å². The smallest absolute Gasteiger partial charge is 0.261 e. The predicted octanol–water partition coefficient (Wildman–Crippen LogP) is 2.73. The first-order chi connectivity index (χ1) is 9.93. The minimum absolute atomic E-state index is 0.285. The number of hydrogen-bond donors (Lipinski definition) is 2. The van der Waals surface area contributed by atoms with E-state index in [1.807, 2.05) is 36.2 Å². The lowest BCUT2D eigenvalue weighted by Crippen LogP contribution is -2.15. The van der Waals surface area contributed by atoms with Crippen LogP contribution in [0.3, 0.4) is 0 Å². The van der Waals surface area contributed by atoms with Gasteiger partial charge in [0.15, 0.2) is 5.75 Å². The van der Waals surface area contributed by atoms with E-state index >= 15 is 0 Å². The normalized spacial score (nSPS) is 10.4. The molecule has 0 aliphatic heterocycles. The average Bonchev–Trinajstić information content (AvgIpc) is 2.78. The third-order valence-electron chi connectivity index (χ3n) is 2.99. The lowest BCUT2D eigenvalue weighted by molar-refractivity contribution is 0.100. The number of halogens is 1. The fourth-order valence-corrected chi connectivity index (χ4v) is 3.11. The lowest BCUT2D eigenvalue weighted by atomic mass is 10.2. The lowest BCUT2D eigenvalue weighted by Gasteiger charge is -2.18. The van der Waals surface area contributed by atoms with Gasteiger partial charge in [0.1, 0.15) is 15.6 Å². The minimum Gasteiger partial charge on any atom is -0.492 e. The molecule has 7 heteroatoms. The summed E-state index contributed by atoms with van der Waals surface area (Å²) in [6, 6.07) is 7.55. The largest absolute Gasteiger partial charge is 0.492 e. The van der Waals surface area contributed by atoms with Crippen LogP contribution in [0.1, 0.15) is 15.2 Å². The molecular weight excluding hydrogens is 310 g/mol. The minimum atomic E-state index is -0.554. The number of benzene rings is 1. The molecule has 1 amide bonds. The standard InChI is InChI=1S/C14H16ClN3O2S/c1-18(7-8-3-5-9(15)6-4-8)14-11(20-2)10(16)12(21-14)13(17)19/h3-6H,7,16H2,1-2H3,(H2,17,19). The third-order valence-corrected chi connectivity index (χ3v) is 4.56. The predicted molar refractivity (Wildman–Crippen MR) is 87.4 cm³/mol. The van der Waals surface area contributed by atoms with Crippen molar-refractivity contribution in [1.29, 1.82) is 0 Å². The fourth-order valence-electron chi connectivity index (χ4n) is 1.98. The van der Waals surface area contributed by atoms with Crippen molar-refractivity contribution in [2.75, 3.05) is 24.8 Å². The molecule has 0 aliphatic carbocycles. The van der Waals surface area contributed by atoms with Gasteiger partial charge in [-0.2, -0.15) is 0 Å². The highest BCUT2D eigenvalue weighted by atomic mass is 35.5. The molecule has 0 bridgehead atoms. The molecule has 5 nitrogen and oxygen atoms in total. The molecule has 0 unspecified atom stereocenters. The van der Waals surface area contributed by atoms with Crippen molar-refractivity contribution in [2.24, 2.45) is 5.73 Å². The zero-order valence-corrected chi connectivity index (χ0v) is 13.3. The van der Waals surface area contributed by atoms with Gasteiger partial charge in [0, 0.05) is 18.6 Å². The summed E-state index contributed by atoms with van der Waals surface area (Å²) >= 11 is 7.10. The van der Waals surface area contributed by atoms with Gasteiger partial charge in [-0.3, -0.25) is 4.79 Å². The number of nitrogens with zero attached hydrogens (tertiary/aromatic N) is 1. The Morgan fingerprint density at radius 1 is 1.38 bits per heavy atom. The van der Waals surface area contributed by atoms with E-state index in [4.69, 9.17) is 27.8 Å². The molecule has 0 fully saturated rings. The van der Waals surface area contributed by atoms with Crippen LogP contribution in [0.4, 0.5) is 10.7 Å². The first-order valence-corrected chi connectivity index (χ1v) is 7.35. The molecule has 1 aromatic carbocycles. The van der Waals surface area contributed by atoms with E-state index in [0.29, 0.717) is 22.2 Å². The van der Waals surface area contributed by atoms with E-state index in [-0.39, 0.29) is 5.69 Å². The van der Waals surface area contributed by atoms with Crippen LogP contribution >= 0.6 is 22.9 Å². The molecule has 0 aliphatic rings. The third kappa shape index (κ3) is 3.22. The monoisotopic (exact) mass is 325 g/mol. The van der Waals surface area contributed by atoms with Gasteiger partial charge in [-0.25, -0.2) is 0 Å². The molecule has 1 aromatic heterocycles. The topological polar surface area (TPSA) is 81.6 Å². The van der Waals surface area contributed by atoms with Crippen molar-refractivity contribution in [2.45, 2.75) is 6.54 Å². The van der Waals surface area contributed by atoms with Crippen LogP contribution in [0, 0.1) is 0 Å². The SMILES string of the molecule is COc1c(N(C)Cc2ccc(Cl)cc2)sc(C(N)=O)c1N. The Kier molecular flexibility index (Phi) is 4.59. The van der Waals surface area contributed by atoms with Gasteiger partial charge in [-0.05, 0) is 17.7 Å². The highest BCUT2D eigenvalue weighted by Crippen LogP contribution is 2.44. The summed E-state index contributed by atoms with van der Waals surface area (Å²) in [4.78, 5) is 13.6. The van der Waals surface area contributed by atoms with Crippen molar-refractivity contribution in [3.8, 4) is 5.75 Å². The molecule has 0 radical (unpaired) electrons. The van der Waals surface area contributed by atoms with Crippen molar-refractivity contribution in [3.05, 3.63) is 39.7 Å². The number of methoxy groups -OCH3 is 1. The highest BCUT2D eigenvalue weighted by molar-refractivity contribution is 7.19. The van der Waals surface area contributed by atoms with Crippen LogP contribution < -0.4 is 21.1 Å². The summed E-state index contributed by atoms with van der Waals surface area (Å²) in [5.74, 6) is -0.0767. The van der Waals surface area contributed by atoms with Crippen LogP contribution in [-0.2, 0) is 6.54 Å². The van der Waals surface area contributed by atoms with Crippen molar-refractivity contribution in [1.82, 2.24) is 0 Å². The van der Waals surface area contributed by atoms with Gasteiger partial charge in [0.2, 0.25) is 0 Å². The maximum Gasteiger partial charge on any atom is 0.261 e. The Balaban J connectivity index is 2.30. The summed E-state index contributed by atoms with van der Waals surface area (Å²) < 4.78 is 5.30. The number of thiophene rings is 1. The number of ether oxygens (including phenoxy) is 1. The van der Waals surface area contributed by atoms with Crippen LogP contribution in [-0.4, -0.2) is 20.1 Å². The summed E-state index contributed by atoms with van der Waals surface area (Å²) in [5.41, 5.74) is 12.6. The van der Waals surface area contributed by atoms with Crippen LogP contribution in [0.25, 0.3) is 0 Å². The number of rotatable bonds is 5. The number of carbonyl (C=O) groups is 1. The number of carbonyl (C=O) groups excluding carboxylic acids is 1. The molecule has 2 aromatic rings. The van der Waals surface area contributed by atoms with E-state index in [1.54, 1.807) is 0 Å². The summed E-state index contributed by atoms with van der Waals surface area (Å²) in [6.07, 6.45) is 0. The van der Waals surface area contributed by atoms with Crippen molar-refractivity contribution in [3.63, 3.8) is 0 Å². The molecular formula is C14H16ClN3O2S. The fraction of sp³-hybridized carbons (Fsp3) is 0.214. The van der Waals surface area contributed by atoms with Gasteiger partial charge in [-0.15, -0.1) is 11.3 Å². The molecule has 0 saturated carbocycles. The number of amides is 1. The molecule has 0 atom stereocenters. The van der Waals surface area contributed by atoms with Gasteiger partial charge in [0.05, 0.1) is 7.11 Å². The maximum atomic E-state index is 11.4. The van der Waals surface area contributed by atoms with Crippen LogP contribution in [0.5, 0.6) is 5.75 Å². The molecule has 1 heterocycles. The Hall–Kier alpha value is -1.92. The Morgan fingerprint density at radius 3 is 2.52 bits per heavy atom. The second kappa shape index (κ2) is 6.24. The second-order valence-electron chi connectivity index (χ2n) is 4.53. The molecule has 112 valence electrons. The number of primary amides is 1. The van der Waals surface area contributed by atoms with Crippen molar-refractivity contribution >= 4 is 39.5 Å². The molecule has 0 saturated heterocycles. The molecule has 21 heavy (non-hydrogen) atoms. The van der Waals surface area contributed by atoms with Crippen LogP contribution in [0.2, 0.25) is 5.02 Å². The van der Waals surface area contributed by atoms with Crippen LogP contribution in [0.15, 0.2) is 24.3 Å². The Bertz CT molecular complexity index is 655. The first-order valence-electron chi connectivity index (χ1n) is 6.15. The van der Waals surface area contributed by atoms with Gasteiger partial charge in [0.25, 0.3) is 5.91 Å². The number of nitrogens with two attached hydrogens (primary N) is 2. The Morgan fingerprint density at radius 2 is 2.00 bits per heavy atom. The highest BCUT2D eigenvalue weighted by Gasteiger charge is 2.22. The van der Waals surface area contributed by atoms with E-state index in [0.717, 1.165) is 10.6 Å². The maximum absolute atomic E-state index is 11.4. The summed E-state index contributed by atoms with van der Waals surface area (Å²) in [7, 11) is 3.41. The Labute approximate surface area is 132 Å². The quantitative estimate of drug-likeness (QED) is 0.885. The van der Waals surface area contributed by atoms with Gasteiger partial charge >= 0.3 is 0 Å². The van der Waals surface area contributed by atoms with E-state index < -0.39 is 5.91 Å². The number of hydrogen-bond acceptors (Lipinski definition) is 5. The number of nitrogen functional groups attached to an aromatic ring is 1.